The fourth-order valence-corrected chi connectivity index (χ4v) is 4.38. The standard InChI is InChI=1S/C24H21F3N4O3S/c1-15-11-21(30-34-15)29-22(32)14-35-20-13-31(19-8-3-2-7-18(19)20)10-9-28-23(33)16-5-4-6-17(12-16)24(25,26)27/h2-8,11-13H,9-10,14H2,1H3,(H,28,33)(H,29,30,32). The van der Waals surface area contributed by atoms with E-state index in [1.54, 1.807) is 13.0 Å². The SMILES string of the molecule is Cc1cc(NC(=O)CSc2cn(CCNC(=O)c3cccc(C(F)(F)F)c3)c3ccccc23)no1. The highest BCUT2D eigenvalue weighted by Gasteiger charge is 2.30. The highest BCUT2D eigenvalue weighted by Crippen LogP contribution is 2.31. The van der Waals surface area contributed by atoms with Crippen molar-refractivity contribution in [1.82, 2.24) is 15.0 Å². The second-order valence-electron chi connectivity index (χ2n) is 7.70. The number of hydrogen-bond acceptors (Lipinski definition) is 5. The molecule has 2 amide bonds. The van der Waals surface area contributed by atoms with Crippen LogP contribution in [0.4, 0.5) is 19.0 Å². The van der Waals surface area contributed by atoms with Crippen molar-refractivity contribution in [3.8, 4) is 0 Å². The summed E-state index contributed by atoms with van der Waals surface area (Å²) in [4.78, 5) is 25.5. The minimum Gasteiger partial charge on any atom is -0.360 e. The molecule has 0 aliphatic heterocycles. The maximum atomic E-state index is 12.9. The highest BCUT2D eigenvalue weighted by molar-refractivity contribution is 8.00. The van der Waals surface area contributed by atoms with Crippen LogP contribution in [0.1, 0.15) is 21.7 Å². The topological polar surface area (TPSA) is 89.2 Å². The predicted molar refractivity (Wildman–Crippen MR) is 126 cm³/mol. The predicted octanol–water partition coefficient (Wildman–Crippen LogP) is 5.12. The largest absolute Gasteiger partial charge is 0.416 e. The van der Waals surface area contributed by atoms with E-state index in [0.29, 0.717) is 18.1 Å². The lowest BCUT2D eigenvalue weighted by Gasteiger charge is -2.10. The van der Waals surface area contributed by atoms with Gasteiger partial charge in [0, 0.05) is 46.7 Å². The molecule has 0 unspecified atom stereocenters. The Bertz CT molecular complexity index is 1360. The fourth-order valence-electron chi connectivity index (χ4n) is 3.49. The number of carbonyl (C=O) groups excluding carboxylic acids is 2. The number of anilines is 1. The Kier molecular flexibility index (Phi) is 7.15. The molecule has 11 heteroatoms. The number of thioether (sulfide) groups is 1. The van der Waals surface area contributed by atoms with Gasteiger partial charge in [0.05, 0.1) is 11.3 Å². The van der Waals surface area contributed by atoms with Crippen LogP contribution < -0.4 is 10.6 Å². The molecule has 4 rings (SSSR count). The normalized spacial score (nSPS) is 11.5. The summed E-state index contributed by atoms with van der Waals surface area (Å²) in [5, 5.41) is 10.0. The number of carbonyl (C=O) groups is 2. The Balaban J connectivity index is 1.38. The number of benzene rings is 2. The van der Waals surface area contributed by atoms with Gasteiger partial charge in [0.2, 0.25) is 5.91 Å². The zero-order valence-electron chi connectivity index (χ0n) is 18.6. The van der Waals surface area contributed by atoms with Crippen molar-refractivity contribution >= 4 is 40.3 Å². The third kappa shape index (κ3) is 6.04. The Morgan fingerprint density at radius 1 is 1.11 bits per heavy atom. The van der Waals surface area contributed by atoms with Crippen LogP contribution in [0.25, 0.3) is 10.9 Å². The maximum Gasteiger partial charge on any atom is 0.416 e. The van der Waals surface area contributed by atoms with Gasteiger partial charge in [-0.15, -0.1) is 11.8 Å². The molecular formula is C24H21F3N4O3S. The molecule has 0 saturated heterocycles. The quantitative estimate of drug-likeness (QED) is 0.327. The van der Waals surface area contributed by atoms with Gasteiger partial charge in [-0.2, -0.15) is 13.2 Å². The van der Waals surface area contributed by atoms with E-state index >= 15 is 0 Å². The summed E-state index contributed by atoms with van der Waals surface area (Å²) in [5.41, 5.74) is -0.0106. The average molecular weight is 503 g/mol. The van der Waals surface area contributed by atoms with Crippen molar-refractivity contribution in [2.24, 2.45) is 0 Å². The van der Waals surface area contributed by atoms with E-state index in [1.807, 2.05) is 35.0 Å². The number of hydrogen-bond donors (Lipinski definition) is 2. The molecule has 2 aromatic heterocycles. The Labute approximate surface area is 202 Å². The third-order valence-electron chi connectivity index (χ3n) is 5.10. The summed E-state index contributed by atoms with van der Waals surface area (Å²) in [5.74, 6) is 0.297. The molecule has 0 radical (unpaired) electrons. The van der Waals surface area contributed by atoms with Gasteiger partial charge in [-0.1, -0.05) is 29.4 Å². The second kappa shape index (κ2) is 10.3. The average Bonchev–Trinajstić information content (AvgIpc) is 3.40. The maximum absolute atomic E-state index is 12.9. The molecule has 0 fully saturated rings. The van der Waals surface area contributed by atoms with E-state index in [2.05, 4.69) is 15.8 Å². The van der Waals surface area contributed by atoms with E-state index in [-0.39, 0.29) is 23.8 Å². The van der Waals surface area contributed by atoms with Crippen LogP contribution in [0.5, 0.6) is 0 Å². The number of aromatic nitrogens is 2. The van der Waals surface area contributed by atoms with Gasteiger partial charge in [0.25, 0.3) is 5.91 Å². The van der Waals surface area contributed by atoms with Gasteiger partial charge < -0.3 is 19.7 Å². The number of nitrogens with zero attached hydrogens (tertiary/aromatic N) is 2. The van der Waals surface area contributed by atoms with Gasteiger partial charge in [-0.05, 0) is 31.2 Å². The van der Waals surface area contributed by atoms with Gasteiger partial charge in [-0.3, -0.25) is 9.59 Å². The molecule has 0 aliphatic carbocycles. The number of rotatable bonds is 8. The van der Waals surface area contributed by atoms with Crippen LogP contribution >= 0.6 is 11.8 Å². The monoisotopic (exact) mass is 502 g/mol. The minimum absolute atomic E-state index is 0.0539. The third-order valence-corrected chi connectivity index (χ3v) is 6.14. The Morgan fingerprint density at radius 2 is 1.91 bits per heavy atom. The smallest absolute Gasteiger partial charge is 0.360 e. The van der Waals surface area contributed by atoms with Crippen LogP contribution in [-0.2, 0) is 17.5 Å². The van der Waals surface area contributed by atoms with E-state index in [0.717, 1.165) is 27.9 Å². The molecule has 0 bridgehead atoms. The second-order valence-corrected chi connectivity index (χ2v) is 8.72. The summed E-state index contributed by atoms with van der Waals surface area (Å²) < 4.78 is 45.6. The van der Waals surface area contributed by atoms with Gasteiger partial charge in [0.1, 0.15) is 5.76 Å². The summed E-state index contributed by atoms with van der Waals surface area (Å²) in [6, 6.07) is 13.6. The lowest BCUT2D eigenvalue weighted by Crippen LogP contribution is -2.27. The molecule has 7 nitrogen and oxygen atoms in total. The first-order chi connectivity index (χ1) is 16.7. The summed E-state index contributed by atoms with van der Waals surface area (Å²) >= 11 is 1.36. The van der Waals surface area contributed by atoms with Crippen molar-refractivity contribution in [3.63, 3.8) is 0 Å². The van der Waals surface area contributed by atoms with Crippen LogP contribution in [0.2, 0.25) is 0 Å². The Morgan fingerprint density at radius 3 is 2.66 bits per heavy atom. The van der Waals surface area contributed by atoms with Crippen LogP contribution in [0, 0.1) is 6.92 Å². The first kappa shape index (κ1) is 24.4. The van der Waals surface area contributed by atoms with Gasteiger partial charge in [-0.25, -0.2) is 0 Å². The number of para-hydroxylation sites is 1. The van der Waals surface area contributed by atoms with E-state index < -0.39 is 17.6 Å². The highest BCUT2D eigenvalue weighted by atomic mass is 32.2. The molecule has 2 heterocycles. The van der Waals surface area contributed by atoms with Crippen molar-refractivity contribution in [2.75, 3.05) is 17.6 Å². The Hall–Kier alpha value is -3.73. The zero-order chi connectivity index (χ0) is 25.0. The van der Waals surface area contributed by atoms with Crippen LogP contribution in [-0.4, -0.2) is 33.8 Å². The van der Waals surface area contributed by atoms with E-state index in [1.165, 1.54) is 23.9 Å². The molecule has 2 aromatic carbocycles. The van der Waals surface area contributed by atoms with E-state index in [4.69, 9.17) is 4.52 Å². The number of halogens is 3. The van der Waals surface area contributed by atoms with Crippen molar-refractivity contribution in [2.45, 2.75) is 24.5 Å². The lowest BCUT2D eigenvalue weighted by atomic mass is 10.1. The molecule has 182 valence electrons. The van der Waals surface area contributed by atoms with Crippen molar-refractivity contribution in [3.05, 3.63) is 77.7 Å². The molecular weight excluding hydrogens is 481 g/mol. The summed E-state index contributed by atoms with van der Waals surface area (Å²) in [7, 11) is 0. The first-order valence-corrected chi connectivity index (χ1v) is 11.6. The first-order valence-electron chi connectivity index (χ1n) is 10.6. The summed E-state index contributed by atoms with van der Waals surface area (Å²) in [6.45, 7) is 2.34. The molecule has 35 heavy (non-hydrogen) atoms. The number of fused-ring (bicyclic) bond motifs is 1. The van der Waals surface area contributed by atoms with Crippen molar-refractivity contribution in [1.29, 1.82) is 0 Å². The molecule has 0 atom stereocenters. The molecule has 2 N–H and O–H groups in total. The van der Waals surface area contributed by atoms with Gasteiger partial charge >= 0.3 is 6.18 Å². The molecule has 0 saturated carbocycles. The number of aryl methyl sites for hydroxylation is 1. The lowest BCUT2D eigenvalue weighted by molar-refractivity contribution is -0.137. The van der Waals surface area contributed by atoms with Crippen molar-refractivity contribution < 1.29 is 27.3 Å². The zero-order valence-corrected chi connectivity index (χ0v) is 19.4. The number of amides is 2. The van der Waals surface area contributed by atoms with Crippen LogP contribution in [0.3, 0.4) is 0 Å². The number of nitrogens with one attached hydrogen (secondary N) is 2. The molecule has 0 aliphatic rings. The van der Waals surface area contributed by atoms with Gasteiger partial charge in [0.15, 0.2) is 5.82 Å². The molecule has 0 spiro atoms. The number of alkyl halides is 3. The minimum atomic E-state index is -4.51. The van der Waals surface area contributed by atoms with Crippen LogP contribution in [0.15, 0.2) is 70.2 Å². The fraction of sp³-hybridized carbons (Fsp3) is 0.208. The molecule has 4 aromatic rings. The summed E-state index contributed by atoms with van der Waals surface area (Å²) in [6.07, 6.45) is -2.63. The van der Waals surface area contributed by atoms with E-state index in [9.17, 15) is 22.8 Å².